The first-order valence-electron chi connectivity index (χ1n) is 5.36. The average Bonchev–Trinajstić information content (AvgIpc) is 2.84. The number of pyridine rings is 1. The molecular formula is C12H9ClN2O3S2. The van der Waals surface area contributed by atoms with E-state index >= 15 is 0 Å². The van der Waals surface area contributed by atoms with Gasteiger partial charge in [-0.25, -0.2) is 13.4 Å². The molecule has 104 valence electrons. The second-order valence-corrected chi connectivity index (χ2v) is 7.16. The minimum atomic E-state index is -3.71. The zero-order chi connectivity index (χ0) is 14.6. The number of thiophene rings is 1. The van der Waals surface area contributed by atoms with Gasteiger partial charge in [-0.1, -0.05) is 23.6 Å². The molecule has 2 rings (SSSR count). The Morgan fingerprint density at radius 1 is 1.35 bits per heavy atom. The third-order valence-electron chi connectivity index (χ3n) is 2.10. The maximum Gasteiger partial charge on any atom is 0.272 e. The summed E-state index contributed by atoms with van der Waals surface area (Å²) in [4.78, 5) is 4.02. The molecule has 5 nitrogen and oxygen atoms in total. The van der Waals surface area contributed by atoms with Crippen molar-refractivity contribution in [1.82, 2.24) is 4.98 Å². The molecule has 0 saturated heterocycles. The van der Waals surface area contributed by atoms with Gasteiger partial charge in [-0.15, -0.1) is 11.3 Å². The molecule has 0 bridgehead atoms. The topological polar surface area (TPSA) is 79.3 Å². The van der Waals surface area contributed by atoms with Crippen LogP contribution in [0.1, 0.15) is 5.69 Å². The minimum absolute atomic E-state index is 0.108. The van der Waals surface area contributed by atoms with Gasteiger partial charge in [-0.2, -0.15) is 0 Å². The van der Waals surface area contributed by atoms with E-state index in [1.54, 1.807) is 12.1 Å². The van der Waals surface area contributed by atoms with Gasteiger partial charge in [0.25, 0.3) is 10.0 Å². The number of nitrogens with zero attached hydrogens (tertiary/aromatic N) is 1. The number of halogens is 1. The van der Waals surface area contributed by atoms with Gasteiger partial charge in [0.15, 0.2) is 0 Å². The van der Waals surface area contributed by atoms with Crippen molar-refractivity contribution in [3.05, 3.63) is 40.4 Å². The van der Waals surface area contributed by atoms with Crippen LogP contribution in [0.3, 0.4) is 0 Å². The van der Waals surface area contributed by atoms with Gasteiger partial charge in [-0.3, -0.25) is 4.72 Å². The Bertz CT molecular complexity index is 775. The first-order chi connectivity index (χ1) is 9.51. The molecule has 0 aliphatic carbocycles. The molecule has 0 saturated carbocycles. The van der Waals surface area contributed by atoms with Crippen LogP contribution >= 0.6 is 22.9 Å². The Balaban J connectivity index is 2.25. The summed E-state index contributed by atoms with van der Waals surface area (Å²) in [5.41, 5.74) is 0.364. The van der Waals surface area contributed by atoms with Gasteiger partial charge in [0.1, 0.15) is 22.3 Å². The van der Waals surface area contributed by atoms with Gasteiger partial charge in [-0.05, 0) is 30.2 Å². The monoisotopic (exact) mass is 328 g/mol. The number of sulfonamides is 1. The summed E-state index contributed by atoms with van der Waals surface area (Å²) in [6.07, 6.45) is 0. The van der Waals surface area contributed by atoms with E-state index in [9.17, 15) is 8.42 Å². The van der Waals surface area contributed by atoms with E-state index in [-0.39, 0.29) is 16.6 Å². The molecule has 20 heavy (non-hydrogen) atoms. The fourth-order valence-electron chi connectivity index (χ4n) is 1.32. The Morgan fingerprint density at radius 3 is 2.80 bits per heavy atom. The Kier molecular flexibility index (Phi) is 4.62. The normalized spacial score (nSPS) is 10.7. The number of rotatable bonds is 3. The number of hydrogen-bond acceptors (Lipinski definition) is 5. The van der Waals surface area contributed by atoms with E-state index in [1.165, 1.54) is 18.2 Å². The van der Waals surface area contributed by atoms with Crippen molar-refractivity contribution in [2.75, 3.05) is 11.3 Å². The average molecular weight is 329 g/mol. The first-order valence-corrected chi connectivity index (χ1v) is 8.04. The molecule has 0 aliphatic rings. The van der Waals surface area contributed by atoms with Crippen LogP contribution in [0.25, 0.3) is 0 Å². The van der Waals surface area contributed by atoms with Crippen molar-refractivity contribution in [2.45, 2.75) is 4.21 Å². The standard InChI is InChI=1S/C12H9ClN2O3S2/c13-10-6-7-12(19-10)20(17,18)15-11-5-1-3-9(14-11)4-2-8-16/h1,3,5-7,16H,8H2,(H,14,15). The SMILES string of the molecule is O=S(=O)(Nc1cccc(C#CCO)n1)c1ccc(Cl)s1. The molecule has 0 amide bonds. The van der Waals surface area contributed by atoms with Crippen LogP contribution in [0.4, 0.5) is 5.82 Å². The second kappa shape index (κ2) is 6.24. The number of nitrogens with one attached hydrogen (secondary N) is 1. The van der Waals surface area contributed by atoms with E-state index in [0.29, 0.717) is 10.0 Å². The van der Waals surface area contributed by atoms with Crippen LogP contribution in [0.15, 0.2) is 34.5 Å². The molecule has 2 heterocycles. The largest absolute Gasteiger partial charge is 0.384 e. The smallest absolute Gasteiger partial charge is 0.272 e. The van der Waals surface area contributed by atoms with E-state index in [2.05, 4.69) is 21.5 Å². The summed E-state index contributed by atoms with van der Waals surface area (Å²) in [5, 5.41) is 8.61. The van der Waals surface area contributed by atoms with Crippen LogP contribution in [-0.4, -0.2) is 25.1 Å². The molecule has 0 spiro atoms. The quantitative estimate of drug-likeness (QED) is 0.844. The first kappa shape index (κ1) is 14.8. The van der Waals surface area contributed by atoms with E-state index in [1.807, 2.05) is 0 Å². The van der Waals surface area contributed by atoms with Gasteiger partial charge in [0, 0.05) is 0 Å². The van der Waals surface area contributed by atoms with Crippen molar-refractivity contribution in [3.63, 3.8) is 0 Å². The molecule has 2 aromatic rings. The minimum Gasteiger partial charge on any atom is -0.384 e. The molecule has 0 unspecified atom stereocenters. The molecular weight excluding hydrogens is 320 g/mol. The highest BCUT2D eigenvalue weighted by atomic mass is 35.5. The summed E-state index contributed by atoms with van der Waals surface area (Å²) in [6.45, 7) is -0.286. The van der Waals surface area contributed by atoms with Crippen LogP contribution < -0.4 is 4.72 Å². The summed E-state index contributed by atoms with van der Waals surface area (Å²) < 4.78 is 27.0. The zero-order valence-electron chi connectivity index (χ0n) is 10.00. The highest BCUT2D eigenvalue weighted by molar-refractivity contribution is 7.94. The van der Waals surface area contributed by atoms with E-state index in [0.717, 1.165) is 11.3 Å². The fourth-order valence-corrected chi connectivity index (χ4v) is 3.81. The Morgan fingerprint density at radius 2 is 2.15 bits per heavy atom. The molecule has 0 aliphatic heterocycles. The van der Waals surface area contributed by atoms with E-state index < -0.39 is 10.0 Å². The van der Waals surface area contributed by atoms with Crippen molar-refractivity contribution >= 4 is 38.8 Å². The highest BCUT2D eigenvalue weighted by Gasteiger charge is 2.17. The molecule has 0 radical (unpaired) electrons. The predicted octanol–water partition coefficient (Wildman–Crippen LogP) is 1.94. The number of hydrogen-bond donors (Lipinski definition) is 2. The van der Waals surface area contributed by atoms with Crippen LogP contribution in [0, 0.1) is 11.8 Å². The third kappa shape index (κ3) is 3.71. The maximum absolute atomic E-state index is 12.1. The summed E-state index contributed by atoms with van der Waals surface area (Å²) in [6, 6.07) is 7.68. The lowest BCUT2D eigenvalue weighted by atomic mass is 10.3. The summed E-state index contributed by atoms with van der Waals surface area (Å²) >= 11 is 6.68. The van der Waals surface area contributed by atoms with Crippen LogP contribution in [-0.2, 0) is 10.0 Å². The number of aliphatic hydroxyl groups is 1. The summed E-state index contributed by atoms with van der Waals surface area (Å²) in [7, 11) is -3.71. The van der Waals surface area contributed by atoms with Gasteiger partial charge in [0.05, 0.1) is 4.34 Å². The zero-order valence-corrected chi connectivity index (χ0v) is 12.4. The number of aliphatic hydroxyl groups excluding tert-OH is 1. The molecule has 8 heteroatoms. The highest BCUT2D eigenvalue weighted by Crippen LogP contribution is 2.26. The van der Waals surface area contributed by atoms with Crippen molar-refractivity contribution in [3.8, 4) is 11.8 Å². The van der Waals surface area contributed by atoms with Gasteiger partial charge >= 0.3 is 0 Å². The van der Waals surface area contributed by atoms with Crippen molar-refractivity contribution < 1.29 is 13.5 Å². The molecule has 0 fully saturated rings. The fraction of sp³-hybridized carbons (Fsp3) is 0.0833. The lowest BCUT2D eigenvalue weighted by Crippen LogP contribution is -2.12. The summed E-state index contributed by atoms with van der Waals surface area (Å²) in [5.74, 6) is 5.19. The van der Waals surface area contributed by atoms with Crippen LogP contribution in [0.5, 0.6) is 0 Å². The van der Waals surface area contributed by atoms with Gasteiger partial charge in [0.2, 0.25) is 0 Å². The predicted molar refractivity (Wildman–Crippen MR) is 78.3 cm³/mol. The lowest BCUT2D eigenvalue weighted by Gasteiger charge is -2.05. The van der Waals surface area contributed by atoms with Crippen LogP contribution in [0.2, 0.25) is 4.34 Å². The maximum atomic E-state index is 12.1. The van der Waals surface area contributed by atoms with Crippen molar-refractivity contribution in [1.29, 1.82) is 0 Å². The van der Waals surface area contributed by atoms with Gasteiger partial charge < -0.3 is 5.11 Å². The second-order valence-electron chi connectivity index (χ2n) is 3.53. The lowest BCUT2D eigenvalue weighted by molar-refractivity contribution is 0.350. The third-order valence-corrected chi connectivity index (χ3v) is 5.17. The Labute approximate surface area is 125 Å². The number of anilines is 1. The number of aromatic nitrogens is 1. The molecule has 2 aromatic heterocycles. The van der Waals surface area contributed by atoms with Crippen molar-refractivity contribution in [2.24, 2.45) is 0 Å². The molecule has 0 aromatic carbocycles. The molecule has 0 atom stereocenters. The van der Waals surface area contributed by atoms with E-state index in [4.69, 9.17) is 16.7 Å². The Hall–Kier alpha value is -1.59. The molecule has 2 N–H and O–H groups in total.